The van der Waals surface area contributed by atoms with E-state index >= 15 is 0 Å². The first-order valence-electron chi connectivity index (χ1n) is 5.72. The molecule has 0 atom stereocenters. The summed E-state index contributed by atoms with van der Waals surface area (Å²) < 4.78 is 0. The maximum atomic E-state index is 6.13. The van der Waals surface area contributed by atoms with Gasteiger partial charge in [0.1, 0.15) is 11.6 Å². The van der Waals surface area contributed by atoms with Crippen molar-refractivity contribution in [2.45, 2.75) is 13.5 Å². The zero-order valence-electron chi connectivity index (χ0n) is 10.7. The molecule has 100 valence electrons. The number of anilines is 2. The van der Waals surface area contributed by atoms with Crippen LogP contribution in [0.2, 0.25) is 10.0 Å². The van der Waals surface area contributed by atoms with E-state index in [0.29, 0.717) is 22.4 Å². The predicted octanol–water partition coefficient (Wildman–Crippen LogP) is 3.31. The zero-order valence-corrected chi connectivity index (χ0v) is 12.2. The minimum absolute atomic E-state index is 0.269. The Bertz CT molecular complexity index is 601. The number of rotatable bonds is 3. The van der Waals surface area contributed by atoms with E-state index in [4.69, 9.17) is 28.9 Å². The first-order valence-corrected chi connectivity index (χ1v) is 6.48. The van der Waals surface area contributed by atoms with Crippen molar-refractivity contribution in [1.29, 1.82) is 0 Å². The maximum absolute atomic E-state index is 6.13. The second-order valence-corrected chi connectivity index (χ2v) is 5.10. The molecule has 0 amide bonds. The SMILES string of the molecule is Cc1cccc(CN(C)c2nc(N)c(Cl)cc2Cl)n1. The highest BCUT2D eigenvalue weighted by atomic mass is 35.5. The molecule has 0 unspecified atom stereocenters. The summed E-state index contributed by atoms with van der Waals surface area (Å²) in [6.07, 6.45) is 0. The third-order valence-corrected chi connectivity index (χ3v) is 3.23. The molecule has 0 aliphatic rings. The van der Waals surface area contributed by atoms with Crippen molar-refractivity contribution in [2.75, 3.05) is 17.7 Å². The number of hydrogen-bond acceptors (Lipinski definition) is 4. The summed E-state index contributed by atoms with van der Waals surface area (Å²) in [6.45, 7) is 2.55. The Kier molecular flexibility index (Phi) is 4.12. The highest BCUT2D eigenvalue weighted by Gasteiger charge is 2.12. The molecular formula is C13H14Cl2N4. The van der Waals surface area contributed by atoms with Crippen molar-refractivity contribution in [3.8, 4) is 0 Å². The average molecular weight is 297 g/mol. The van der Waals surface area contributed by atoms with E-state index in [0.717, 1.165) is 11.4 Å². The van der Waals surface area contributed by atoms with Crippen molar-refractivity contribution in [1.82, 2.24) is 9.97 Å². The van der Waals surface area contributed by atoms with Gasteiger partial charge in [-0.2, -0.15) is 0 Å². The Morgan fingerprint density at radius 2 is 1.95 bits per heavy atom. The zero-order chi connectivity index (χ0) is 14.0. The minimum atomic E-state index is 0.269. The summed E-state index contributed by atoms with van der Waals surface area (Å²) in [4.78, 5) is 10.5. The second-order valence-electron chi connectivity index (χ2n) is 4.29. The van der Waals surface area contributed by atoms with Crippen LogP contribution < -0.4 is 10.6 Å². The van der Waals surface area contributed by atoms with Gasteiger partial charge in [0, 0.05) is 12.7 Å². The number of aromatic nitrogens is 2. The van der Waals surface area contributed by atoms with Crippen LogP contribution in [0.3, 0.4) is 0 Å². The molecule has 0 bridgehead atoms. The number of halogens is 2. The summed E-state index contributed by atoms with van der Waals surface area (Å²) in [5.41, 5.74) is 7.61. The largest absolute Gasteiger partial charge is 0.382 e. The predicted molar refractivity (Wildman–Crippen MR) is 79.8 cm³/mol. The standard InChI is InChI=1S/C13H14Cl2N4/c1-8-4-3-5-9(17-8)7-19(2)13-11(15)6-10(14)12(16)18-13/h3-6H,7H2,1-2H3,(H2,16,18). The third kappa shape index (κ3) is 3.28. The van der Waals surface area contributed by atoms with Gasteiger partial charge >= 0.3 is 0 Å². The van der Waals surface area contributed by atoms with E-state index in [2.05, 4.69) is 9.97 Å². The van der Waals surface area contributed by atoms with Crippen molar-refractivity contribution in [3.63, 3.8) is 0 Å². The molecule has 6 heteroatoms. The fourth-order valence-electron chi connectivity index (χ4n) is 1.74. The monoisotopic (exact) mass is 296 g/mol. The summed E-state index contributed by atoms with van der Waals surface area (Å²) in [5, 5.41) is 0.824. The van der Waals surface area contributed by atoms with E-state index in [9.17, 15) is 0 Å². The molecule has 0 aromatic carbocycles. The van der Waals surface area contributed by atoms with Crippen molar-refractivity contribution in [2.24, 2.45) is 0 Å². The molecule has 0 fully saturated rings. The molecule has 0 aliphatic heterocycles. The maximum Gasteiger partial charge on any atom is 0.150 e. The number of pyridine rings is 2. The van der Waals surface area contributed by atoms with E-state index in [1.165, 1.54) is 0 Å². The van der Waals surface area contributed by atoms with Gasteiger partial charge in [-0.1, -0.05) is 29.3 Å². The number of nitrogens with two attached hydrogens (primary N) is 1. The van der Waals surface area contributed by atoms with Crippen LogP contribution in [0.25, 0.3) is 0 Å². The molecule has 0 saturated carbocycles. The molecule has 2 heterocycles. The highest BCUT2D eigenvalue weighted by molar-refractivity contribution is 6.37. The normalized spacial score (nSPS) is 10.5. The number of nitrogens with zero attached hydrogens (tertiary/aromatic N) is 3. The van der Waals surface area contributed by atoms with Gasteiger partial charge in [-0.3, -0.25) is 4.98 Å². The molecule has 2 N–H and O–H groups in total. The molecule has 2 aromatic heterocycles. The Balaban J connectivity index is 2.25. The minimum Gasteiger partial charge on any atom is -0.382 e. The van der Waals surface area contributed by atoms with Gasteiger partial charge in [-0.05, 0) is 25.1 Å². The van der Waals surface area contributed by atoms with Gasteiger partial charge in [0.05, 0.1) is 22.3 Å². The number of aryl methyl sites for hydroxylation is 1. The molecule has 2 aromatic rings. The van der Waals surface area contributed by atoms with Crippen molar-refractivity contribution >= 4 is 34.8 Å². The summed E-state index contributed by atoms with van der Waals surface area (Å²) in [6, 6.07) is 7.48. The Morgan fingerprint density at radius 1 is 1.21 bits per heavy atom. The molecule has 4 nitrogen and oxygen atoms in total. The first kappa shape index (κ1) is 13.9. The summed E-state index contributed by atoms with van der Waals surface area (Å²) >= 11 is 12.0. The Morgan fingerprint density at radius 3 is 2.63 bits per heavy atom. The fraction of sp³-hybridized carbons (Fsp3) is 0.231. The van der Waals surface area contributed by atoms with Crippen LogP contribution in [-0.2, 0) is 6.54 Å². The lowest BCUT2D eigenvalue weighted by Crippen LogP contribution is -2.19. The molecular weight excluding hydrogens is 283 g/mol. The van der Waals surface area contributed by atoms with Gasteiger partial charge in [-0.25, -0.2) is 4.98 Å². The van der Waals surface area contributed by atoms with Crippen LogP contribution in [0.5, 0.6) is 0 Å². The van der Waals surface area contributed by atoms with Crippen LogP contribution in [0.15, 0.2) is 24.3 Å². The van der Waals surface area contributed by atoms with Gasteiger partial charge in [-0.15, -0.1) is 0 Å². The third-order valence-electron chi connectivity index (χ3n) is 2.64. The Labute approximate surface area is 122 Å². The lowest BCUT2D eigenvalue weighted by atomic mass is 10.3. The molecule has 0 radical (unpaired) electrons. The molecule has 0 aliphatic carbocycles. The smallest absolute Gasteiger partial charge is 0.150 e. The fourth-order valence-corrected chi connectivity index (χ4v) is 2.25. The van der Waals surface area contributed by atoms with Gasteiger partial charge in [0.2, 0.25) is 0 Å². The van der Waals surface area contributed by atoms with Crippen LogP contribution in [0, 0.1) is 6.92 Å². The molecule has 0 saturated heterocycles. The second kappa shape index (κ2) is 5.63. The van der Waals surface area contributed by atoms with E-state index < -0.39 is 0 Å². The van der Waals surface area contributed by atoms with Gasteiger partial charge < -0.3 is 10.6 Å². The van der Waals surface area contributed by atoms with Crippen molar-refractivity contribution in [3.05, 3.63) is 45.7 Å². The van der Waals surface area contributed by atoms with Gasteiger partial charge in [0.15, 0.2) is 0 Å². The van der Waals surface area contributed by atoms with Gasteiger partial charge in [0.25, 0.3) is 0 Å². The number of hydrogen-bond donors (Lipinski definition) is 1. The lowest BCUT2D eigenvalue weighted by molar-refractivity contribution is 0.860. The van der Waals surface area contributed by atoms with Crippen LogP contribution in [0.1, 0.15) is 11.4 Å². The lowest BCUT2D eigenvalue weighted by Gasteiger charge is -2.19. The molecule has 0 spiro atoms. The van der Waals surface area contributed by atoms with Crippen molar-refractivity contribution < 1.29 is 0 Å². The van der Waals surface area contributed by atoms with E-state index in [1.807, 2.05) is 37.1 Å². The average Bonchev–Trinajstić information content (AvgIpc) is 2.33. The summed E-state index contributed by atoms with van der Waals surface area (Å²) in [7, 11) is 1.88. The van der Waals surface area contributed by atoms with Crippen LogP contribution in [-0.4, -0.2) is 17.0 Å². The number of nitrogen functional groups attached to an aromatic ring is 1. The molecule has 2 rings (SSSR count). The highest BCUT2D eigenvalue weighted by Crippen LogP contribution is 2.29. The van der Waals surface area contributed by atoms with E-state index in [1.54, 1.807) is 6.07 Å². The van der Waals surface area contributed by atoms with E-state index in [-0.39, 0.29) is 5.82 Å². The van der Waals surface area contributed by atoms with Crippen LogP contribution in [0.4, 0.5) is 11.6 Å². The van der Waals surface area contributed by atoms with Crippen LogP contribution >= 0.6 is 23.2 Å². The molecule has 19 heavy (non-hydrogen) atoms. The Hall–Kier alpha value is -1.52. The summed E-state index contributed by atoms with van der Waals surface area (Å²) in [5.74, 6) is 0.858. The quantitative estimate of drug-likeness (QED) is 0.944. The first-order chi connectivity index (χ1) is 8.97. The topological polar surface area (TPSA) is 55.0 Å².